The van der Waals surface area contributed by atoms with Gasteiger partial charge < -0.3 is 9.73 Å². The molecule has 0 aliphatic carbocycles. The van der Waals surface area contributed by atoms with E-state index in [0.717, 1.165) is 4.47 Å². The number of halogens is 1. The van der Waals surface area contributed by atoms with Crippen LogP contribution >= 0.6 is 15.9 Å². The van der Waals surface area contributed by atoms with Gasteiger partial charge in [0.15, 0.2) is 12.1 Å². The maximum absolute atomic E-state index is 11.5. The second-order valence-corrected chi connectivity index (χ2v) is 3.75. The van der Waals surface area contributed by atoms with Gasteiger partial charge in [0.25, 0.3) is 5.91 Å². The standard InChI is InChI=1S/C10H7BrN2O2/c11-7-1-3-8(4-2-7)13-10(14)9-5-15-6-12-9/h1-6H,(H,13,14). The summed E-state index contributed by atoms with van der Waals surface area (Å²) in [5.41, 5.74) is 0.976. The van der Waals surface area contributed by atoms with Gasteiger partial charge in [-0.15, -0.1) is 0 Å². The van der Waals surface area contributed by atoms with Crippen LogP contribution in [0.2, 0.25) is 0 Å². The Morgan fingerprint density at radius 2 is 2.07 bits per heavy atom. The molecule has 1 heterocycles. The van der Waals surface area contributed by atoms with Crippen molar-refractivity contribution < 1.29 is 9.21 Å². The van der Waals surface area contributed by atoms with E-state index in [1.54, 1.807) is 12.1 Å². The van der Waals surface area contributed by atoms with Crippen LogP contribution in [0.3, 0.4) is 0 Å². The van der Waals surface area contributed by atoms with Gasteiger partial charge in [0.2, 0.25) is 0 Å². The Bertz CT molecular complexity index is 451. The molecule has 0 spiro atoms. The molecule has 76 valence electrons. The zero-order chi connectivity index (χ0) is 10.7. The lowest BCUT2D eigenvalue weighted by Gasteiger charge is -2.01. The van der Waals surface area contributed by atoms with Crippen molar-refractivity contribution in [2.75, 3.05) is 5.32 Å². The first-order valence-corrected chi connectivity index (χ1v) is 5.00. The van der Waals surface area contributed by atoms with Crippen LogP contribution in [-0.4, -0.2) is 10.9 Å². The summed E-state index contributed by atoms with van der Waals surface area (Å²) in [4.78, 5) is 15.3. The summed E-state index contributed by atoms with van der Waals surface area (Å²) in [7, 11) is 0. The van der Waals surface area contributed by atoms with Crippen LogP contribution < -0.4 is 5.32 Å². The molecule has 15 heavy (non-hydrogen) atoms. The molecule has 0 saturated carbocycles. The summed E-state index contributed by atoms with van der Waals surface area (Å²) in [5, 5.41) is 2.69. The molecule has 0 bridgehead atoms. The number of carbonyl (C=O) groups excluding carboxylic acids is 1. The molecular formula is C10H7BrN2O2. The van der Waals surface area contributed by atoms with Crippen molar-refractivity contribution >= 4 is 27.5 Å². The van der Waals surface area contributed by atoms with Gasteiger partial charge in [-0.25, -0.2) is 4.98 Å². The Labute approximate surface area is 94.4 Å². The molecule has 0 unspecified atom stereocenters. The first kappa shape index (κ1) is 9.92. The number of rotatable bonds is 2. The van der Waals surface area contributed by atoms with E-state index in [-0.39, 0.29) is 11.6 Å². The summed E-state index contributed by atoms with van der Waals surface area (Å²) in [6, 6.07) is 7.28. The molecule has 1 aromatic heterocycles. The Hall–Kier alpha value is -1.62. The molecule has 0 aliphatic heterocycles. The first-order valence-electron chi connectivity index (χ1n) is 4.21. The van der Waals surface area contributed by atoms with Gasteiger partial charge in [-0.2, -0.15) is 0 Å². The molecule has 0 aliphatic rings. The van der Waals surface area contributed by atoms with Crippen LogP contribution in [0.25, 0.3) is 0 Å². The van der Waals surface area contributed by atoms with Gasteiger partial charge in [-0.1, -0.05) is 15.9 Å². The highest BCUT2D eigenvalue weighted by molar-refractivity contribution is 9.10. The van der Waals surface area contributed by atoms with Crippen LogP contribution in [0.15, 0.2) is 45.8 Å². The maximum atomic E-state index is 11.5. The predicted molar refractivity (Wildman–Crippen MR) is 58.6 cm³/mol. The monoisotopic (exact) mass is 266 g/mol. The summed E-state index contributed by atoms with van der Waals surface area (Å²) in [5.74, 6) is -0.286. The highest BCUT2D eigenvalue weighted by Crippen LogP contribution is 2.14. The fraction of sp³-hybridized carbons (Fsp3) is 0. The molecule has 2 rings (SSSR count). The zero-order valence-electron chi connectivity index (χ0n) is 7.61. The van der Waals surface area contributed by atoms with Crippen molar-refractivity contribution in [1.29, 1.82) is 0 Å². The maximum Gasteiger partial charge on any atom is 0.277 e. The largest absolute Gasteiger partial charge is 0.451 e. The Morgan fingerprint density at radius 3 is 2.67 bits per heavy atom. The zero-order valence-corrected chi connectivity index (χ0v) is 9.19. The van der Waals surface area contributed by atoms with Crippen LogP contribution in [-0.2, 0) is 0 Å². The van der Waals surface area contributed by atoms with E-state index in [1.807, 2.05) is 12.1 Å². The van der Waals surface area contributed by atoms with E-state index in [9.17, 15) is 4.79 Å². The minimum Gasteiger partial charge on any atom is -0.451 e. The number of benzene rings is 1. The molecule has 0 saturated heterocycles. The van der Waals surface area contributed by atoms with Gasteiger partial charge in [0.1, 0.15) is 6.26 Å². The van der Waals surface area contributed by atoms with Crippen molar-refractivity contribution in [3.63, 3.8) is 0 Å². The molecule has 1 aromatic carbocycles. The highest BCUT2D eigenvalue weighted by atomic mass is 79.9. The molecule has 1 amide bonds. The van der Waals surface area contributed by atoms with E-state index in [0.29, 0.717) is 5.69 Å². The molecule has 0 fully saturated rings. The van der Waals surface area contributed by atoms with Crippen molar-refractivity contribution in [2.24, 2.45) is 0 Å². The summed E-state index contributed by atoms with van der Waals surface area (Å²) in [6.07, 6.45) is 2.52. The van der Waals surface area contributed by atoms with Gasteiger partial charge in [-0.3, -0.25) is 4.79 Å². The van der Waals surface area contributed by atoms with Crippen LogP contribution in [0, 0.1) is 0 Å². The summed E-state index contributed by atoms with van der Waals surface area (Å²) >= 11 is 3.31. The smallest absolute Gasteiger partial charge is 0.277 e. The number of amides is 1. The van der Waals surface area contributed by atoms with Crippen LogP contribution in [0.4, 0.5) is 5.69 Å². The van der Waals surface area contributed by atoms with E-state index in [4.69, 9.17) is 4.42 Å². The number of carbonyl (C=O) groups is 1. The lowest BCUT2D eigenvalue weighted by atomic mass is 10.3. The molecular weight excluding hydrogens is 260 g/mol. The number of nitrogens with one attached hydrogen (secondary N) is 1. The molecule has 4 nitrogen and oxygen atoms in total. The van der Waals surface area contributed by atoms with E-state index >= 15 is 0 Å². The van der Waals surface area contributed by atoms with E-state index < -0.39 is 0 Å². The SMILES string of the molecule is O=C(Nc1ccc(Br)cc1)c1cocn1. The van der Waals surface area contributed by atoms with Crippen molar-refractivity contribution in [2.45, 2.75) is 0 Å². The number of anilines is 1. The fourth-order valence-electron chi connectivity index (χ4n) is 1.05. The molecule has 5 heteroatoms. The fourth-order valence-corrected chi connectivity index (χ4v) is 1.32. The topological polar surface area (TPSA) is 55.1 Å². The summed E-state index contributed by atoms with van der Waals surface area (Å²) in [6.45, 7) is 0. The Kier molecular flexibility index (Phi) is 2.82. The predicted octanol–water partition coefficient (Wildman–Crippen LogP) is 2.69. The van der Waals surface area contributed by atoms with Crippen molar-refractivity contribution in [1.82, 2.24) is 4.98 Å². The molecule has 0 atom stereocenters. The minimum absolute atomic E-state index is 0.262. The lowest BCUT2D eigenvalue weighted by Crippen LogP contribution is -2.11. The Balaban J connectivity index is 2.09. The third-order valence-corrected chi connectivity index (χ3v) is 2.30. The molecule has 1 N–H and O–H groups in total. The molecule has 2 aromatic rings. The van der Waals surface area contributed by atoms with Crippen molar-refractivity contribution in [3.05, 3.63) is 47.1 Å². The first-order chi connectivity index (χ1) is 7.25. The number of aromatic nitrogens is 1. The van der Waals surface area contributed by atoms with Crippen LogP contribution in [0.5, 0.6) is 0 Å². The molecule has 0 radical (unpaired) electrons. The minimum atomic E-state index is -0.286. The van der Waals surface area contributed by atoms with E-state index in [2.05, 4.69) is 26.2 Å². The van der Waals surface area contributed by atoms with Gasteiger partial charge in [0, 0.05) is 10.2 Å². The van der Waals surface area contributed by atoms with Crippen LogP contribution in [0.1, 0.15) is 10.5 Å². The number of hydrogen-bond donors (Lipinski definition) is 1. The van der Waals surface area contributed by atoms with Crippen molar-refractivity contribution in [3.8, 4) is 0 Å². The normalized spacial score (nSPS) is 9.93. The third-order valence-electron chi connectivity index (χ3n) is 1.77. The Morgan fingerprint density at radius 1 is 1.33 bits per heavy atom. The third kappa shape index (κ3) is 2.44. The summed E-state index contributed by atoms with van der Waals surface area (Å²) < 4.78 is 5.67. The van der Waals surface area contributed by atoms with E-state index in [1.165, 1.54) is 12.7 Å². The number of nitrogens with zero attached hydrogens (tertiary/aromatic N) is 1. The average molecular weight is 267 g/mol. The highest BCUT2D eigenvalue weighted by Gasteiger charge is 2.08. The number of oxazole rings is 1. The van der Waals surface area contributed by atoms with Gasteiger partial charge >= 0.3 is 0 Å². The quantitative estimate of drug-likeness (QED) is 0.910. The van der Waals surface area contributed by atoms with Gasteiger partial charge in [0.05, 0.1) is 0 Å². The lowest BCUT2D eigenvalue weighted by molar-refractivity contribution is 0.102. The second-order valence-electron chi connectivity index (χ2n) is 2.83. The number of hydrogen-bond acceptors (Lipinski definition) is 3. The second kappa shape index (κ2) is 4.27. The average Bonchev–Trinajstić information content (AvgIpc) is 2.74. The van der Waals surface area contributed by atoms with Gasteiger partial charge in [-0.05, 0) is 24.3 Å².